The second kappa shape index (κ2) is 5.89. The van der Waals surface area contributed by atoms with Gasteiger partial charge in [0.15, 0.2) is 0 Å². The summed E-state index contributed by atoms with van der Waals surface area (Å²) in [6.45, 7) is 5.45. The number of nitrogens with zero attached hydrogens (tertiary/aromatic N) is 2. The van der Waals surface area contributed by atoms with Crippen LogP contribution in [0.4, 0.5) is 0 Å². The standard InChI is InChI=1S/C15H21N3O/c1-4-12-10-13(5-6-15(12)19-3)14-9-11(2)17-18(14)8-7-16/h5-6,9-10H,4,7-8,16H2,1-3H3. The molecule has 0 amide bonds. The Morgan fingerprint density at radius 2 is 2.11 bits per heavy atom. The molecule has 4 nitrogen and oxygen atoms in total. The first-order valence-corrected chi connectivity index (χ1v) is 6.61. The van der Waals surface area contributed by atoms with Gasteiger partial charge in [0, 0.05) is 12.1 Å². The molecule has 0 aliphatic carbocycles. The Labute approximate surface area is 114 Å². The summed E-state index contributed by atoms with van der Waals surface area (Å²) in [5.41, 5.74) is 10.1. The predicted octanol–water partition coefficient (Wildman–Crippen LogP) is 2.39. The van der Waals surface area contributed by atoms with Crippen LogP contribution in [0.5, 0.6) is 5.75 Å². The molecule has 1 aromatic heterocycles. The quantitative estimate of drug-likeness (QED) is 0.897. The topological polar surface area (TPSA) is 53.1 Å². The molecule has 0 saturated carbocycles. The molecule has 0 aliphatic rings. The smallest absolute Gasteiger partial charge is 0.122 e. The molecule has 0 aliphatic heterocycles. The molecule has 0 unspecified atom stereocenters. The first-order valence-electron chi connectivity index (χ1n) is 6.61. The van der Waals surface area contributed by atoms with E-state index >= 15 is 0 Å². The lowest BCUT2D eigenvalue weighted by Crippen LogP contribution is -2.12. The predicted molar refractivity (Wildman–Crippen MR) is 77.4 cm³/mol. The summed E-state index contributed by atoms with van der Waals surface area (Å²) in [6, 6.07) is 8.35. The molecule has 4 heteroatoms. The highest BCUT2D eigenvalue weighted by Crippen LogP contribution is 2.27. The SMILES string of the molecule is CCc1cc(-c2cc(C)nn2CCN)ccc1OC. The maximum atomic E-state index is 5.64. The lowest BCUT2D eigenvalue weighted by Gasteiger charge is -2.10. The van der Waals surface area contributed by atoms with Gasteiger partial charge in [-0.1, -0.05) is 6.92 Å². The van der Waals surface area contributed by atoms with Crippen LogP contribution in [0, 0.1) is 6.92 Å². The lowest BCUT2D eigenvalue weighted by molar-refractivity contribution is 0.410. The zero-order chi connectivity index (χ0) is 13.8. The second-order valence-corrected chi connectivity index (χ2v) is 4.56. The van der Waals surface area contributed by atoms with E-state index in [0.717, 1.165) is 35.7 Å². The Bertz CT molecular complexity index is 561. The fourth-order valence-electron chi connectivity index (χ4n) is 2.28. The first-order chi connectivity index (χ1) is 9.19. The maximum absolute atomic E-state index is 5.64. The van der Waals surface area contributed by atoms with Crippen molar-refractivity contribution < 1.29 is 4.74 Å². The van der Waals surface area contributed by atoms with E-state index in [1.165, 1.54) is 5.56 Å². The Hall–Kier alpha value is -1.81. The number of methoxy groups -OCH3 is 1. The van der Waals surface area contributed by atoms with E-state index in [1.807, 2.05) is 17.7 Å². The molecule has 2 N–H and O–H groups in total. The lowest BCUT2D eigenvalue weighted by atomic mass is 10.0. The van der Waals surface area contributed by atoms with Crippen LogP contribution >= 0.6 is 0 Å². The van der Waals surface area contributed by atoms with E-state index in [4.69, 9.17) is 10.5 Å². The molecule has 2 aromatic rings. The molecule has 0 bridgehead atoms. The summed E-state index contributed by atoms with van der Waals surface area (Å²) in [6.07, 6.45) is 0.945. The van der Waals surface area contributed by atoms with E-state index in [-0.39, 0.29) is 0 Å². The number of ether oxygens (including phenoxy) is 1. The van der Waals surface area contributed by atoms with Crippen LogP contribution in [0.15, 0.2) is 24.3 Å². The van der Waals surface area contributed by atoms with Crippen LogP contribution in [-0.2, 0) is 13.0 Å². The van der Waals surface area contributed by atoms with Gasteiger partial charge in [0.2, 0.25) is 0 Å². The van der Waals surface area contributed by atoms with Crippen molar-refractivity contribution in [2.45, 2.75) is 26.8 Å². The van der Waals surface area contributed by atoms with Crippen LogP contribution < -0.4 is 10.5 Å². The molecule has 0 spiro atoms. The second-order valence-electron chi connectivity index (χ2n) is 4.56. The largest absolute Gasteiger partial charge is 0.496 e. The monoisotopic (exact) mass is 259 g/mol. The van der Waals surface area contributed by atoms with Gasteiger partial charge in [-0.15, -0.1) is 0 Å². The zero-order valence-electron chi connectivity index (χ0n) is 11.8. The van der Waals surface area contributed by atoms with Crippen LogP contribution in [-0.4, -0.2) is 23.4 Å². The van der Waals surface area contributed by atoms with Gasteiger partial charge in [-0.2, -0.15) is 5.10 Å². The van der Waals surface area contributed by atoms with Gasteiger partial charge in [-0.3, -0.25) is 4.68 Å². The molecule has 1 aromatic carbocycles. The Balaban J connectivity index is 2.46. The molecule has 19 heavy (non-hydrogen) atoms. The third kappa shape index (κ3) is 2.79. The number of hydrogen-bond donors (Lipinski definition) is 1. The van der Waals surface area contributed by atoms with E-state index < -0.39 is 0 Å². The highest BCUT2D eigenvalue weighted by molar-refractivity contribution is 5.63. The molecular formula is C15H21N3O. The number of nitrogens with two attached hydrogens (primary N) is 1. The zero-order valence-corrected chi connectivity index (χ0v) is 11.8. The van der Waals surface area contributed by atoms with Crippen molar-refractivity contribution >= 4 is 0 Å². The summed E-state index contributed by atoms with van der Waals surface area (Å²) in [4.78, 5) is 0. The molecular weight excluding hydrogens is 238 g/mol. The fourth-order valence-corrected chi connectivity index (χ4v) is 2.28. The molecule has 0 radical (unpaired) electrons. The first kappa shape index (κ1) is 13.6. The van der Waals surface area contributed by atoms with Crippen molar-refractivity contribution in [3.8, 4) is 17.0 Å². The summed E-state index contributed by atoms with van der Waals surface area (Å²) < 4.78 is 7.34. The Morgan fingerprint density at radius 1 is 1.32 bits per heavy atom. The maximum Gasteiger partial charge on any atom is 0.122 e. The van der Waals surface area contributed by atoms with Gasteiger partial charge in [-0.25, -0.2) is 0 Å². The molecule has 0 saturated heterocycles. The third-order valence-corrected chi connectivity index (χ3v) is 3.20. The molecule has 2 rings (SSSR count). The fraction of sp³-hybridized carbons (Fsp3) is 0.400. The van der Waals surface area contributed by atoms with E-state index in [0.29, 0.717) is 6.54 Å². The number of aromatic nitrogens is 2. The van der Waals surface area contributed by atoms with Crippen molar-refractivity contribution in [3.05, 3.63) is 35.5 Å². The normalized spacial score (nSPS) is 10.7. The average Bonchev–Trinajstić information content (AvgIpc) is 2.79. The van der Waals surface area contributed by atoms with Gasteiger partial charge in [0.05, 0.1) is 25.0 Å². The van der Waals surface area contributed by atoms with Gasteiger partial charge < -0.3 is 10.5 Å². The van der Waals surface area contributed by atoms with E-state index in [9.17, 15) is 0 Å². The van der Waals surface area contributed by atoms with Crippen LogP contribution in [0.25, 0.3) is 11.3 Å². The highest BCUT2D eigenvalue weighted by atomic mass is 16.5. The van der Waals surface area contributed by atoms with Gasteiger partial charge in [0.25, 0.3) is 0 Å². The van der Waals surface area contributed by atoms with Gasteiger partial charge in [0.1, 0.15) is 5.75 Å². The van der Waals surface area contributed by atoms with Crippen molar-refractivity contribution in [1.29, 1.82) is 0 Å². The molecule has 0 fully saturated rings. The summed E-state index contributed by atoms with van der Waals surface area (Å²) >= 11 is 0. The van der Waals surface area contributed by atoms with Crippen LogP contribution in [0.1, 0.15) is 18.2 Å². The number of benzene rings is 1. The minimum Gasteiger partial charge on any atom is -0.496 e. The third-order valence-electron chi connectivity index (χ3n) is 3.20. The van der Waals surface area contributed by atoms with Gasteiger partial charge >= 0.3 is 0 Å². The summed E-state index contributed by atoms with van der Waals surface area (Å²) in [7, 11) is 1.71. The van der Waals surface area contributed by atoms with E-state index in [1.54, 1.807) is 7.11 Å². The van der Waals surface area contributed by atoms with Crippen molar-refractivity contribution in [3.63, 3.8) is 0 Å². The molecule has 102 valence electrons. The van der Waals surface area contributed by atoms with Crippen LogP contribution in [0.2, 0.25) is 0 Å². The minimum absolute atomic E-state index is 0.588. The number of aryl methyl sites for hydroxylation is 2. The summed E-state index contributed by atoms with van der Waals surface area (Å²) in [5.74, 6) is 0.938. The Kier molecular flexibility index (Phi) is 4.22. The number of rotatable bonds is 5. The van der Waals surface area contributed by atoms with E-state index in [2.05, 4.69) is 30.2 Å². The summed E-state index contributed by atoms with van der Waals surface area (Å²) in [5, 5.41) is 4.48. The number of hydrogen-bond acceptors (Lipinski definition) is 3. The van der Waals surface area contributed by atoms with Crippen molar-refractivity contribution in [1.82, 2.24) is 9.78 Å². The van der Waals surface area contributed by atoms with Crippen LogP contribution in [0.3, 0.4) is 0 Å². The van der Waals surface area contributed by atoms with Crippen molar-refractivity contribution in [2.24, 2.45) is 5.73 Å². The average molecular weight is 259 g/mol. The van der Waals surface area contributed by atoms with Gasteiger partial charge in [-0.05, 0) is 43.2 Å². The Morgan fingerprint density at radius 3 is 2.74 bits per heavy atom. The molecule has 0 atom stereocenters. The van der Waals surface area contributed by atoms with Crippen molar-refractivity contribution in [2.75, 3.05) is 13.7 Å². The minimum atomic E-state index is 0.588. The highest BCUT2D eigenvalue weighted by Gasteiger charge is 2.10. The molecule has 1 heterocycles.